The summed E-state index contributed by atoms with van der Waals surface area (Å²) in [4.78, 5) is 14.3. The van der Waals surface area contributed by atoms with Gasteiger partial charge in [0.15, 0.2) is 0 Å². The van der Waals surface area contributed by atoms with E-state index in [0.29, 0.717) is 12.0 Å². The fourth-order valence-corrected chi connectivity index (χ4v) is 2.64. The minimum absolute atomic E-state index is 0.0894. The molecule has 2 bridgehead atoms. The van der Waals surface area contributed by atoms with E-state index in [2.05, 4.69) is 15.3 Å². The molecule has 0 spiro atoms. The first kappa shape index (κ1) is 12.4. The summed E-state index contributed by atoms with van der Waals surface area (Å²) in [6, 6.07) is 0.220. The van der Waals surface area contributed by atoms with Crippen molar-refractivity contribution in [3.05, 3.63) is 0 Å². The van der Waals surface area contributed by atoms with Gasteiger partial charge in [-0.25, -0.2) is 9.80 Å². The average molecular weight is 238 g/mol. The molecule has 3 rings (SSSR count). The number of piperidine rings is 3. The SMILES string of the molecule is CC/C=N\N(C)C(=O)NC1CN2CCC1CC2. The number of carbonyl (C=O) groups excluding carboxylic acids is 1. The van der Waals surface area contributed by atoms with Crippen LogP contribution in [0.15, 0.2) is 5.10 Å². The van der Waals surface area contributed by atoms with E-state index in [1.165, 1.54) is 30.9 Å². The predicted molar refractivity (Wildman–Crippen MR) is 68.0 cm³/mol. The first-order valence-electron chi connectivity index (χ1n) is 6.49. The number of carbonyl (C=O) groups is 1. The number of nitrogens with one attached hydrogen (secondary N) is 1. The van der Waals surface area contributed by atoms with Gasteiger partial charge in [0.2, 0.25) is 0 Å². The summed E-state index contributed by atoms with van der Waals surface area (Å²) in [7, 11) is 1.70. The van der Waals surface area contributed by atoms with Crippen LogP contribution in [0.3, 0.4) is 0 Å². The van der Waals surface area contributed by atoms with E-state index < -0.39 is 0 Å². The number of hydrogen-bond acceptors (Lipinski definition) is 3. The number of amides is 2. The molecule has 0 aromatic heterocycles. The van der Waals surface area contributed by atoms with Gasteiger partial charge in [-0.3, -0.25) is 0 Å². The van der Waals surface area contributed by atoms with E-state index in [1.807, 2.05) is 6.92 Å². The first-order valence-corrected chi connectivity index (χ1v) is 6.49. The quantitative estimate of drug-likeness (QED) is 0.591. The van der Waals surface area contributed by atoms with Crippen LogP contribution in [0, 0.1) is 5.92 Å². The van der Waals surface area contributed by atoms with Crippen LogP contribution < -0.4 is 5.32 Å². The zero-order chi connectivity index (χ0) is 12.3. The minimum atomic E-state index is -0.0894. The number of hydrazone groups is 1. The largest absolute Gasteiger partial charge is 0.337 e. The highest BCUT2D eigenvalue weighted by molar-refractivity contribution is 5.75. The molecule has 3 aliphatic rings. The number of urea groups is 1. The van der Waals surface area contributed by atoms with Gasteiger partial charge in [0.1, 0.15) is 0 Å². The molecule has 5 heteroatoms. The highest BCUT2D eigenvalue weighted by Crippen LogP contribution is 2.27. The molecule has 3 aliphatic heterocycles. The van der Waals surface area contributed by atoms with E-state index in [-0.39, 0.29) is 6.03 Å². The molecule has 0 aromatic rings. The maximum absolute atomic E-state index is 11.9. The molecule has 96 valence electrons. The maximum atomic E-state index is 11.9. The molecule has 2 amide bonds. The monoisotopic (exact) mass is 238 g/mol. The van der Waals surface area contributed by atoms with Crippen molar-refractivity contribution in [1.29, 1.82) is 0 Å². The molecule has 0 saturated carbocycles. The van der Waals surface area contributed by atoms with Crippen molar-refractivity contribution in [2.45, 2.75) is 32.2 Å². The average Bonchev–Trinajstić information content (AvgIpc) is 2.37. The van der Waals surface area contributed by atoms with Crippen molar-refractivity contribution < 1.29 is 4.79 Å². The van der Waals surface area contributed by atoms with E-state index >= 15 is 0 Å². The third-order valence-corrected chi connectivity index (χ3v) is 3.70. The van der Waals surface area contributed by atoms with Gasteiger partial charge < -0.3 is 10.2 Å². The molecule has 5 nitrogen and oxygen atoms in total. The summed E-state index contributed by atoms with van der Waals surface area (Å²) in [5, 5.41) is 8.53. The standard InChI is InChI=1S/C12H22N4O/c1-3-6-13-15(2)12(17)14-11-9-16-7-4-10(11)5-8-16/h6,10-11H,3-5,7-9H2,1-2H3,(H,14,17)/b13-6-. The molecule has 1 atom stereocenters. The molecule has 0 aromatic carbocycles. The third-order valence-electron chi connectivity index (χ3n) is 3.70. The van der Waals surface area contributed by atoms with Crippen LogP contribution in [0.5, 0.6) is 0 Å². The molecule has 1 N–H and O–H groups in total. The van der Waals surface area contributed by atoms with Crippen LogP contribution >= 0.6 is 0 Å². The second kappa shape index (κ2) is 5.49. The smallest absolute Gasteiger partial charge is 0.332 e. The Kier molecular flexibility index (Phi) is 3.99. The van der Waals surface area contributed by atoms with Crippen LogP contribution in [-0.2, 0) is 0 Å². The fraction of sp³-hybridized carbons (Fsp3) is 0.833. The molecule has 3 fully saturated rings. The van der Waals surface area contributed by atoms with Gasteiger partial charge in [0, 0.05) is 25.8 Å². The van der Waals surface area contributed by atoms with Gasteiger partial charge >= 0.3 is 6.03 Å². The van der Waals surface area contributed by atoms with Crippen molar-refractivity contribution in [1.82, 2.24) is 15.2 Å². The molecule has 0 aliphatic carbocycles. The highest BCUT2D eigenvalue weighted by atomic mass is 16.2. The van der Waals surface area contributed by atoms with Crippen molar-refractivity contribution >= 4 is 12.2 Å². The molecule has 17 heavy (non-hydrogen) atoms. The molecular formula is C12H22N4O. The van der Waals surface area contributed by atoms with E-state index in [1.54, 1.807) is 13.3 Å². The van der Waals surface area contributed by atoms with Crippen molar-refractivity contribution in [2.75, 3.05) is 26.7 Å². The normalized spacial score (nSPS) is 31.8. The summed E-state index contributed by atoms with van der Waals surface area (Å²) in [6.45, 7) is 5.39. The molecular weight excluding hydrogens is 216 g/mol. The second-order valence-electron chi connectivity index (χ2n) is 4.92. The van der Waals surface area contributed by atoms with Gasteiger partial charge in [-0.15, -0.1) is 0 Å². The van der Waals surface area contributed by atoms with Crippen molar-refractivity contribution in [3.63, 3.8) is 0 Å². The van der Waals surface area contributed by atoms with Crippen LogP contribution in [0.4, 0.5) is 4.79 Å². The molecule has 3 heterocycles. The molecule has 3 saturated heterocycles. The van der Waals surface area contributed by atoms with E-state index in [0.717, 1.165) is 13.0 Å². The highest BCUT2D eigenvalue weighted by Gasteiger charge is 2.35. The van der Waals surface area contributed by atoms with Crippen LogP contribution in [0.25, 0.3) is 0 Å². The van der Waals surface area contributed by atoms with Crippen LogP contribution in [-0.4, -0.2) is 54.9 Å². The number of rotatable bonds is 3. The third kappa shape index (κ3) is 2.97. The Hall–Kier alpha value is -1.10. The Bertz CT molecular complexity index is 297. The lowest BCUT2D eigenvalue weighted by molar-refractivity contribution is 0.0739. The summed E-state index contributed by atoms with van der Waals surface area (Å²) >= 11 is 0. The lowest BCUT2D eigenvalue weighted by atomic mass is 9.84. The summed E-state index contributed by atoms with van der Waals surface area (Å²) in [5.74, 6) is 0.660. The van der Waals surface area contributed by atoms with E-state index in [4.69, 9.17) is 0 Å². The maximum Gasteiger partial charge on any atom is 0.337 e. The Balaban J connectivity index is 1.84. The Labute approximate surface area is 103 Å². The van der Waals surface area contributed by atoms with Crippen molar-refractivity contribution in [3.8, 4) is 0 Å². The fourth-order valence-electron chi connectivity index (χ4n) is 2.64. The Morgan fingerprint density at radius 1 is 1.53 bits per heavy atom. The number of hydrogen-bond donors (Lipinski definition) is 1. The zero-order valence-corrected chi connectivity index (χ0v) is 10.7. The second-order valence-corrected chi connectivity index (χ2v) is 4.92. The lowest BCUT2D eigenvalue weighted by Gasteiger charge is -2.45. The van der Waals surface area contributed by atoms with Gasteiger partial charge in [0.05, 0.1) is 0 Å². The van der Waals surface area contributed by atoms with Gasteiger partial charge in [-0.2, -0.15) is 5.10 Å². The summed E-state index contributed by atoms with van der Waals surface area (Å²) in [6.07, 6.45) is 5.02. The van der Waals surface area contributed by atoms with E-state index in [9.17, 15) is 4.79 Å². The lowest BCUT2D eigenvalue weighted by Crippen LogP contribution is -2.58. The zero-order valence-electron chi connectivity index (χ0n) is 10.7. The predicted octanol–water partition coefficient (Wildman–Crippen LogP) is 1.12. The van der Waals surface area contributed by atoms with Crippen molar-refractivity contribution in [2.24, 2.45) is 11.0 Å². The number of nitrogens with zero attached hydrogens (tertiary/aromatic N) is 3. The van der Waals surface area contributed by atoms with Gasteiger partial charge in [-0.1, -0.05) is 6.92 Å². The minimum Gasteiger partial charge on any atom is -0.332 e. The van der Waals surface area contributed by atoms with Gasteiger partial charge in [-0.05, 0) is 38.3 Å². The van der Waals surface area contributed by atoms with Crippen LogP contribution in [0.1, 0.15) is 26.2 Å². The number of fused-ring (bicyclic) bond motifs is 3. The van der Waals surface area contributed by atoms with Crippen LogP contribution in [0.2, 0.25) is 0 Å². The van der Waals surface area contributed by atoms with Gasteiger partial charge in [0.25, 0.3) is 0 Å². The molecule has 0 radical (unpaired) electrons. The Morgan fingerprint density at radius 2 is 2.24 bits per heavy atom. The topological polar surface area (TPSA) is 47.9 Å². The molecule has 1 unspecified atom stereocenters. The summed E-state index contributed by atoms with van der Waals surface area (Å²) < 4.78 is 0. The Morgan fingerprint density at radius 3 is 2.76 bits per heavy atom. The summed E-state index contributed by atoms with van der Waals surface area (Å²) in [5.41, 5.74) is 0. The first-order chi connectivity index (χ1) is 8.20.